The zero-order valence-corrected chi connectivity index (χ0v) is 14.8. The van der Waals surface area contributed by atoms with Gasteiger partial charge in [-0.2, -0.15) is 0 Å². The van der Waals surface area contributed by atoms with Crippen LogP contribution in [-0.2, 0) is 15.7 Å². The summed E-state index contributed by atoms with van der Waals surface area (Å²) in [7, 11) is -4.47. The molecular formula is C17H26NO5P. The normalized spacial score (nSPS) is 13.0. The van der Waals surface area contributed by atoms with E-state index in [1.807, 2.05) is 37.3 Å². The van der Waals surface area contributed by atoms with Gasteiger partial charge in [0, 0.05) is 0 Å². The molecular weight excluding hydrogens is 329 g/mol. The van der Waals surface area contributed by atoms with E-state index in [0.717, 1.165) is 19.3 Å². The highest BCUT2D eigenvalue weighted by atomic mass is 31.2. The summed E-state index contributed by atoms with van der Waals surface area (Å²) in [6, 6.07) is 9.98. The molecule has 0 aliphatic carbocycles. The monoisotopic (exact) mass is 355 g/mol. The van der Waals surface area contributed by atoms with Gasteiger partial charge in [0.25, 0.3) is 0 Å². The Hall–Kier alpha value is -1.62. The molecule has 6 nitrogen and oxygen atoms in total. The molecule has 0 aromatic heterocycles. The number of hydrogen-bond acceptors (Lipinski definition) is 3. The fraction of sp³-hybridized carbons (Fsp3) is 0.471. The molecule has 134 valence electrons. The first-order valence-corrected chi connectivity index (χ1v) is 9.80. The topological polar surface area (TPSA) is 95.9 Å². The van der Waals surface area contributed by atoms with Crippen LogP contribution in [-0.4, -0.2) is 28.3 Å². The van der Waals surface area contributed by atoms with Crippen molar-refractivity contribution in [2.75, 3.05) is 6.61 Å². The highest BCUT2D eigenvalue weighted by Crippen LogP contribution is 2.40. The van der Waals surface area contributed by atoms with Crippen molar-refractivity contribution >= 4 is 13.7 Å². The van der Waals surface area contributed by atoms with Gasteiger partial charge >= 0.3 is 13.7 Å². The maximum Gasteiger partial charge on any atom is 0.408 e. The molecule has 0 heterocycles. The zero-order valence-electron chi connectivity index (χ0n) is 13.9. The summed E-state index contributed by atoms with van der Waals surface area (Å²) in [5, 5.41) is 2.21. The van der Waals surface area contributed by atoms with E-state index in [1.54, 1.807) is 6.08 Å². The summed E-state index contributed by atoms with van der Waals surface area (Å²) in [5.41, 5.74) is 1.22. The van der Waals surface area contributed by atoms with E-state index in [1.165, 1.54) is 11.6 Å². The van der Waals surface area contributed by atoms with Crippen molar-refractivity contribution in [3.05, 3.63) is 48.0 Å². The predicted octanol–water partition coefficient (Wildman–Crippen LogP) is 3.60. The lowest BCUT2D eigenvalue weighted by Crippen LogP contribution is -2.34. The van der Waals surface area contributed by atoms with Crippen molar-refractivity contribution in [1.29, 1.82) is 0 Å². The second-order valence-corrected chi connectivity index (χ2v) is 7.21. The Bertz CT molecular complexity index is 555. The summed E-state index contributed by atoms with van der Waals surface area (Å²) in [5.74, 6) is -1.36. The first-order valence-electron chi connectivity index (χ1n) is 8.12. The van der Waals surface area contributed by atoms with Gasteiger partial charge in [-0.1, -0.05) is 55.8 Å². The molecule has 0 radical (unpaired) electrons. The van der Waals surface area contributed by atoms with Crippen molar-refractivity contribution in [3.63, 3.8) is 0 Å². The van der Waals surface area contributed by atoms with Gasteiger partial charge in [0.15, 0.2) is 5.78 Å². The Kier molecular flexibility index (Phi) is 9.38. The quantitative estimate of drug-likeness (QED) is 0.339. The molecule has 3 N–H and O–H groups in total. The van der Waals surface area contributed by atoms with Crippen LogP contribution in [0.15, 0.2) is 42.5 Å². The third kappa shape index (κ3) is 8.87. The average molecular weight is 355 g/mol. The Morgan fingerprint density at radius 2 is 2.00 bits per heavy atom. The number of hydrogen-bond donors (Lipinski definition) is 3. The van der Waals surface area contributed by atoms with Crippen LogP contribution in [0.4, 0.5) is 4.79 Å². The molecule has 0 aliphatic heterocycles. The molecule has 0 bridgehead atoms. The number of allylic oxidation sites excluding steroid dienone is 1. The molecule has 1 aromatic carbocycles. The zero-order chi connectivity index (χ0) is 17.8. The lowest BCUT2D eigenvalue weighted by molar-refractivity contribution is 0.143. The standard InChI is InChI=1S/C17H26NO5P/c1-2-3-14-23-17(19)18-16(24(20,21)22)13-9-5-8-12-15-10-6-4-7-11-15/h4,6-7,9-11,13,16H,2-3,5,8,12,14H2,1H3,(H,18,19)(H2,20,21,22). The van der Waals surface area contributed by atoms with Gasteiger partial charge in [-0.25, -0.2) is 4.79 Å². The van der Waals surface area contributed by atoms with Gasteiger partial charge in [-0.15, -0.1) is 0 Å². The summed E-state index contributed by atoms with van der Waals surface area (Å²) < 4.78 is 16.3. The minimum Gasteiger partial charge on any atom is -0.450 e. The molecule has 0 spiro atoms. The molecule has 1 aromatic rings. The number of aryl methyl sites for hydroxylation is 1. The van der Waals surface area contributed by atoms with Crippen LogP contribution < -0.4 is 5.32 Å². The summed E-state index contributed by atoms with van der Waals surface area (Å²) in [4.78, 5) is 30.2. The van der Waals surface area contributed by atoms with Gasteiger partial charge in [-0.3, -0.25) is 4.57 Å². The third-order valence-corrected chi connectivity index (χ3v) is 4.38. The fourth-order valence-electron chi connectivity index (χ4n) is 2.01. The molecule has 7 heteroatoms. The fourth-order valence-corrected chi connectivity index (χ4v) is 2.63. The number of amides is 1. The van der Waals surface area contributed by atoms with Gasteiger partial charge in [0.1, 0.15) is 0 Å². The number of unbranched alkanes of at least 4 members (excludes halogenated alkanes) is 2. The van der Waals surface area contributed by atoms with Crippen molar-refractivity contribution in [2.24, 2.45) is 0 Å². The van der Waals surface area contributed by atoms with Crippen molar-refractivity contribution in [1.82, 2.24) is 5.32 Å². The Morgan fingerprint density at radius 3 is 2.62 bits per heavy atom. The van der Waals surface area contributed by atoms with E-state index in [-0.39, 0.29) is 6.61 Å². The molecule has 0 aliphatic rings. The average Bonchev–Trinajstić information content (AvgIpc) is 2.53. The molecule has 1 atom stereocenters. The number of ether oxygens (including phenoxy) is 1. The van der Waals surface area contributed by atoms with Crippen LogP contribution in [0.5, 0.6) is 0 Å². The third-order valence-electron chi connectivity index (χ3n) is 3.36. The van der Waals surface area contributed by atoms with Crippen LogP contribution >= 0.6 is 7.60 Å². The second kappa shape index (κ2) is 11.0. The molecule has 1 rings (SSSR count). The first-order chi connectivity index (χ1) is 11.4. The molecule has 24 heavy (non-hydrogen) atoms. The number of alkyl carbamates (subject to hydrolysis) is 1. The van der Waals surface area contributed by atoms with Crippen molar-refractivity contribution in [2.45, 2.75) is 44.8 Å². The van der Waals surface area contributed by atoms with Gasteiger partial charge < -0.3 is 19.8 Å². The lowest BCUT2D eigenvalue weighted by Gasteiger charge is -2.16. The molecule has 1 unspecified atom stereocenters. The number of nitrogens with one attached hydrogen (secondary N) is 1. The van der Waals surface area contributed by atoms with Gasteiger partial charge in [0.2, 0.25) is 0 Å². The Labute approximate surface area is 143 Å². The van der Waals surface area contributed by atoms with Crippen molar-refractivity contribution < 1.29 is 23.9 Å². The maximum atomic E-state index is 11.5. The highest BCUT2D eigenvalue weighted by Gasteiger charge is 2.28. The van der Waals surface area contributed by atoms with Gasteiger partial charge in [0.05, 0.1) is 6.61 Å². The Balaban J connectivity index is 2.42. The van der Waals surface area contributed by atoms with Crippen LogP contribution in [0.3, 0.4) is 0 Å². The maximum absolute atomic E-state index is 11.5. The van der Waals surface area contributed by atoms with E-state index in [4.69, 9.17) is 4.74 Å². The van der Waals surface area contributed by atoms with Crippen LogP contribution in [0.2, 0.25) is 0 Å². The lowest BCUT2D eigenvalue weighted by atomic mass is 10.1. The molecule has 1 amide bonds. The van der Waals surface area contributed by atoms with E-state index < -0.39 is 19.5 Å². The van der Waals surface area contributed by atoms with E-state index >= 15 is 0 Å². The van der Waals surface area contributed by atoms with Gasteiger partial charge in [-0.05, 0) is 31.2 Å². The largest absolute Gasteiger partial charge is 0.450 e. The summed E-state index contributed by atoms with van der Waals surface area (Å²) in [6.07, 6.45) is 6.20. The van der Waals surface area contributed by atoms with Crippen LogP contribution in [0.1, 0.15) is 38.2 Å². The van der Waals surface area contributed by atoms with Crippen molar-refractivity contribution in [3.8, 4) is 0 Å². The predicted molar refractivity (Wildman–Crippen MR) is 93.7 cm³/mol. The number of rotatable bonds is 10. The molecule has 0 fully saturated rings. The minimum absolute atomic E-state index is 0.233. The summed E-state index contributed by atoms with van der Waals surface area (Å²) >= 11 is 0. The minimum atomic E-state index is -4.47. The van der Waals surface area contributed by atoms with E-state index in [2.05, 4.69) is 5.32 Å². The number of carbonyl (C=O) groups excluding carboxylic acids is 1. The SMILES string of the molecule is CCCCOC(=O)NC(C=CCCCc1ccccc1)P(=O)(O)O. The number of carbonyl (C=O) groups is 1. The number of benzene rings is 1. The van der Waals surface area contributed by atoms with E-state index in [0.29, 0.717) is 12.8 Å². The van der Waals surface area contributed by atoms with Crippen LogP contribution in [0, 0.1) is 0 Å². The Morgan fingerprint density at radius 1 is 1.29 bits per heavy atom. The second-order valence-electron chi connectivity index (χ2n) is 5.47. The first kappa shape index (κ1) is 20.4. The molecule has 0 saturated heterocycles. The summed E-state index contributed by atoms with van der Waals surface area (Å²) in [6.45, 7) is 2.19. The molecule has 0 saturated carbocycles. The smallest absolute Gasteiger partial charge is 0.408 e. The van der Waals surface area contributed by atoms with E-state index in [9.17, 15) is 19.1 Å². The van der Waals surface area contributed by atoms with Crippen LogP contribution in [0.25, 0.3) is 0 Å². The highest BCUT2D eigenvalue weighted by molar-refractivity contribution is 7.52.